The van der Waals surface area contributed by atoms with Gasteiger partial charge in [0.15, 0.2) is 0 Å². The van der Waals surface area contributed by atoms with Crippen molar-refractivity contribution in [2.45, 2.75) is 77.6 Å². The molecular weight excluding hydrogens is 333 g/mol. The van der Waals surface area contributed by atoms with Crippen LogP contribution in [0.15, 0.2) is 30.4 Å². The molecule has 2 aliphatic rings. The van der Waals surface area contributed by atoms with Crippen molar-refractivity contribution < 1.29 is 4.39 Å². The van der Waals surface area contributed by atoms with E-state index in [0.29, 0.717) is 0 Å². The van der Waals surface area contributed by atoms with E-state index in [1.807, 2.05) is 12.1 Å². The van der Waals surface area contributed by atoms with E-state index in [4.69, 9.17) is 5.26 Å². The number of benzene rings is 1. The molecule has 0 aliphatic heterocycles. The lowest BCUT2D eigenvalue weighted by Crippen LogP contribution is -2.25. The number of hydrogen-bond donors (Lipinski definition) is 0. The first-order valence-corrected chi connectivity index (χ1v) is 11.0. The number of hydrogen-bond acceptors (Lipinski definition) is 1. The summed E-state index contributed by atoms with van der Waals surface area (Å²) in [6.07, 6.45) is 19.3. The summed E-state index contributed by atoms with van der Waals surface area (Å²) in [7, 11) is 0. The second-order valence-electron chi connectivity index (χ2n) is 8.81. The first kappa shape index (κ1) is 20.1. The topological polar surface area (TPSA) is 23.8 Å². The molecule has 0 heterocycles. The predicted octanol–water partition coefficient (Wildman–Crippen LogP) is 7.21. The van der Waals surface area contributed by atoms with Gasteiger partial charge in [-0.25, -0.2) is 4.39 Å². The van der Waals surface area contributed by atoms with E-state index in [9.17, 15) is 4.39 Å². The summed E-state index contributed by atoms with van der Waals surface area (Å²) in [5.74, 6) is 3.43. The fraction of sp³-hybridized carbons (Fsp3) is 0.640. The van der Waals surface area contributed by atoms with Crippen LogP contribution in [0.5, 0.6) is 0 Å². The van der Waals surface area contributed by atoms with Gasteiger partial charge in [0.1, 0.15) is 11.9 Å². The third-order valence-electron chi connectivity index (χ3n) is 7.17. The van der Waals surface area contributed by atoms with Crippen molar-refractivity contribution in [3.8, 4) is 6.07 Å². The van der Waals surface area contributed by atoms with Crippen LogP contribution < -0.4 is 0 Å². The van der Waals surface area contributed by atoms with Gasteiger partial charge in [0.05, 0.1) is 5.56 Å². The minimum absolute atomic E-state index is 0.127. The highest BCUT2D eigenvalue weighted by Crippen LogP contribution is 2.42. The summed E-state index contributed by atoms with van der Waals surface area (Å²) >= 11 is 0. The van der Waals surface area contributed by atoms with Gasteiger partial charge in [0.2, 0.25) is 0 Å². The Bertz CT molecular complexity index is 655. The van der Waals surface area contributed by atoms with Crippen LogP contribution in [-0.2, 0) is 6.42 Å². The molecule has 2 saturated carbocycles. The number of allylic oxidation sites excluding steroid dienone is 2. The SMILES string of the molecule is CCC1CCC(C2CCC(C/C=C\Cc3ccc(C#N)c(F)c3)CC2)CC1. The van der Waals surface area contributed by atoms with Crippen molar-refractivity contribution in [1.29, 1.82) is 5.26 Å². The Labute approximate surface area is 164 Å². The number of nitrogens with zero attached hydrogens (tertiary/aromatic N) is 1. The van der Waals surface area contributed by atoms with Crippen molar-refractivity contribution >= 4 is 0 Å². The highest BCUT2D eigenvalue weighted by molar-refractivity contribution is 5.34. The fourth-order valence-corrected chi connectivity index (χ4v) is 5.25. The van der Waals surface area contributed by atoms with Crippen LogP contribution >= 0.6 is 0 Å². The molecule has 2 fully saturated rings. The smallest absolute Gasteiger partial charge is 0.141 e. The van der Waals surface area contributed by atoms with Crippen molar-refractivity contribution in [1.82, 2.24) is 0 Å². The predicted molar refractivity (Wildman–Crippen MR) is 110 cm³/mol. The molecule has 2 aliphatic carbocycles. The van der Waals surface area contributed by atoms with E-state index in [1.165, 1.54) is 63.9 Å². The average molecular weight is 368 g/mol. The molecule has 146 valence electrons. The van der Waals surface area contributed by atoms with Gasteiger partial charge in [0.25, 0.3) is 0 Å². The Morgan fingerprint density at radius 2 is 1.59 bits per heavy atom. The molecule has 2 heteroatoms. The van der Waals surface area contributed by atoms with Crippen molar-refractivity contribution in [2.75, 3.05) is 0 Å². The third-order valence-corrected chi connectivity index (χ3v) is 7.17. The molecule has 0 spiro atoms. The quantitative estimate of drug-likeness (QED) is 0.487. The molecule has 0 unspecified atom stereocenters. The summed E-state index contributed by atoms with van der Waals surface area (Å²) in [5.41, 5.74) is 1.07. The standard InChI is InChI=1S/C25H34FN/c1-2-19-7-12-22(13-8-19)23-14-9-20(10-15-23)5-3-4-6-21-11-16-24(18-27)25(26)17-21/h3-4,11,16-17,19-20,22-23H,2,5-10,12-15H2,1H3/b4-3-. The Morgan fingerprint density at radius 1 is 0.963 bits per heavy atom. The Balaban J connectivity index is 1.36. The van der Waals surface area contributed by atoms with E-state index in [2.05, 4.69) is 19.1 Å². The molecule has 3 rings (SSSR count). The lowest BCUT2D eigenvalue weighted by atomic mass is 9.68. The highest BCUT2D eigenvalue weighted by Gasteiger charge is 2.30. The summed E-state index contributed by atoms with van der Waals surface area (Å²) in [6, 6.07) is 6.79. The van der Waals surface area contributed by atoms with Gasteiger partial charge >= 0.3 is 0 Å². The van der Waals surface area contributed by atoms with Crippen LogP contribution in [0.4, 0.5) is 4.39 Å². The Hall–Kier alpha value is -1.62. The molecule has 0 saturated heterocycles. The van der Waals surface area contributed by atoms with E-state index in [1.54, 1.807) is 6.07 Å². The maximum absolute atomic E-state index is 13.6. The zero-order valence-corrected chi connectivity index (χ0v) is 16.8. The molecule has 1 aromatic carbocycles. The van der Waals surface area contributed by atoms with Crippen LogP contribution in [0.2, 0.25) is 0 Å². The third kappa shape index (κ3) is 5.68. The Kier molecular flexibility index (Phi) is 7.50. The van der Waals surface area contributed by atoms with Crippen LogP contribution in [-0.4, -0.2) is 0 Å². The summed E-state index contributed by atoms with van der Waals surface area (Å²) in [4.78, 5) is 0. The minimum Gasteiger partial charge on any atom is -0.206 e. The molecule has 0 N–H and O–H groups in total. The molecule has 0 radical (unpaired) electrons. The lowest BCUT2D eigenvalue weighted by Gasteiger charge is -2.37. The monoisotopic (exact) mass is 367 g/mol. The van der Waals surface area contributed by atoms with E-state index in [-0.39, 0.29) is 5.56 Å². The Morgan fingerprint density at radius 3 is 2.15 bits per heavy atom. The van der Waals surface area contributed by atoms with Gasteiger partial charge in [0, 0.05) is 0 Å². The average Bonchev–Trinajstić information content (AvgIpc) is 2.72. The van der Waals surface area contributed by atoms with E-state index >= 15 is 0 Å². The van der Waals surface area contributed by atoms with Gasteiger partial charge in [-0.3, -0.25) is 0 Å². The minimum atomic E-state index is -0.408. The van der Waals surface area contributed by atoms with Gasteiger partial charge < -0.3 is 0 Å². The molecular formula is C25H34FN. The number of nitriles is 1. The molecule has 0 amide bonds. The second-order valence-corrected chi connectivity index (χ2v) is 8.81. The first-order chi connectivity index (χ1) is 13.2. The summed E-state index contributed by atoms with van der Waals surface area (Å²) < 4.78 is 13.6. The second kappa shape index (κ2) is 10.1. The summed E-state index contributed by atoms with van der Waals surface area (Å²) in [6.45, 7) is 2.35. The fourth-order valence-electron chi connectivity index (χ4n) is 5.25. The maximum Gasteiger partial charge on any atom is 0.141 e. The maximum atomic E-state index is 13.6. The van der Waals surface area contributed by atoms with Crippen LogP contribution in [0, 0.1) is 40.8 Å². The van der Waals surface area contributed by atoms with Gasteiger partial charge in [-0.05, 0) is 92.7 Å². The molecule has 1 nitrogen and oxygen atoms in total. The highest BCUT2D eigenvalue weighted by atomic mass is 19.1. The van der Waals surface area contributed by atoms with Crippen LogP contribution in [0.3, 0.4) is 0 Å². The zero-order valence-electron chi connectivity index (χ0n) is 16.8. The van der Waals surface area contributed by atoms with Crippen molar-refractivity contribution in [2.24, 2.45) is 23.7 Å². The first-order valence-electron chi connectivity index (χ1n) is 11.0. The normalized spacial score (nSPS) is 28.9. The molecule has 1 aromatic rings. The molecule has 0 aromatic heterocycles. The van der Waals surface area contributed by atoms with Crippen molar-refractivity contribution in [3.05, 3.63) is 47.3 Å². The lowest BCUT2D eigenvalue weighted by molar-refractivity contribution is 0.145. The summed E-state index contributed by atoms with van der Waals surface area (Å²) in [5, 5.41) is 8.79. The van der Waals surface area contributed by atoms with Crippen molar-refractivity contribution in [3.63, 3.8) is 0 Å². The zero-order chi connectivity index (χ0) is 19.1. The molecule has 0 bridgehead atoms. The number of rotatable bonds is 6. The molecule has 0 atom stereocenters. The largest absolute Gasteiger partial charge is 0.206 e. The number of halogens is 1. The molecule has 27 heavy (non-hydrogen) atoms. The van der Waals surface area contributed by atoms with Gasteiger partial charge in [-0.2, -0.15) is 5.26 Å². The van der Waals surface area contributed by atoms with Gasteiger partial charge in [-0.15, -0.1) is 0 Å². The van der Waals surface area contributed by atoms with Crippen LogP contribution in [0.1, 0.15) is 82.3 Å². The van der Waals surface area contributed by atoms with Crippen LogP contribution in [0.25, 0.3) is 0 Å². The van der Waals surface area contributed by atoms with E-state index < -0.39 is 5.82 Å². The van der Waals surface area contributed by atoms with Gasteiger partial charge in [-0.1, -0.05) is 44.4 Å². The van der Waals surface area contributed by atoms with E-state index in [0.717, 1.165) is 42.1 Å².